The first-order valence-electron chi connectivity index (χ1n) is 9.21. The lowest BCUT2D eigenvalue weighted by Crippen LogP contribution is -2.30. The number of para-hydroxylation sites is 1. The molecule has 3 aromatic rings. The molecule has 1 heterocycles. The molecule has 1 N–H and O–H groups in total. The molecule has 2 aromatic carbocycles. The highest BCUT2D eigenvalue weighted by Crippen LogP contribution is 2.11. The van der Waals surface area contributed by atoms with Gasteiger partial charge in [0.15, 0.2) is 6.61 Å². The number of carbonyl (C=O) groups excluding carboxylic acids is 2. The van der Waals surface area contributed by atoms with E-state index in [1.54, 1.807) is 38.3 Å². The molecule has 0 bridgehead atoms. The van der Waals surface area contributed by atoms with Gasteiger partial charge in [-0.2, -0.15) is 5.10 Å². The van der Waals surface area contributed by atoms with E-state index in [9.17, 15) is 14.4 Å². The Hall–Kier alpha value is -3.94. The molecule has 3 rings (SSSR count). The number of esters is 1. The van der Waals surface area contributed by atoms with Gasteiger partial charge in [-0.3, -0.25) is 9.59 Å². The van der Waals surface area contributed by atoms with Gasteiger partial charge in [0.2, 0.25) is 11.1 Å². The summed E-state index contributed by atoms with van der Waals surface area (Å²) in [4.78, 5) is 36.5. The molecule has 1 aromatic heterocycles. The maximum absolute atomic E-state index is 12.3. The van der Waals surface area contributed by atoms with Crippen molar-refractivity contribution in [2.24, 2.45) is 0 Å². The molecule has 0 saturated carbocycles. The lowest BCUT2D eigenvalue weighted by molar-refractivity contribution is -0.124. The lowest BCUT2D eigenvalue weighted by atomic mass is 10.2. The van der Waals surface area contributed by atoms with E-state index in [-0.39, 0.29) is 12.2 Å². The van der Waals surface area contributed by atoms with Crippen molar-refractivity contribution in [2.75, 3.05) is 13.7 Å². The van der Waals surface area contributed by atoms with Gasteiger partial charge in [-0.15, -0.1) is 0 Å². The number of aryl methyl sites for hydroxylation is 1. The van der Waals surface area contributed by atoms with Crippen LogP contribution in [0.5, 0.6) is 5.75 Å². The zero-order valence-corrected chi connectivity index (χ0v) is 16.6. The van der Waals surface area contributed by atoms with E-state index in [0.29, 0.717) is 17.1 Å². The first-order chi connectivity index (χ1) is 14.5. The second-order valence-corrected chi connectivity index (χ2v) is 6.45. The van der Waals surface area contributed by atoms with Crippen molar-refractivity contribution < 1.29 is 19.1 Å². The van der Waals surface area contributed by atoms with Crippen LogP contribution in [-0.4, -0.2) is 35.4 Å². The molecule has 0 radical (unpaired) electrons. The van der Waals surface area contributed by atoms with E-state index in [0.717, 1.165) is 5.56 Å². The Morgan fingerprint density at radius 3 is 2.43 bits per heavy atom. The average Bonchev–Trinajstić information content (AvgIpc) is 2.77. The number of methoxy groups -OCH3 is 1. The zero-order valence-electron chi connectivity index (χ0n) is 16.6. The van der Waals surface area contributed by atoms with E-state index >= 15 is 0 Å². The van der Waals surface area contributed by atoms with Crippen LogP contribution >= 0.6 is 0 Å². The molecule has 0 unspecified atom stereocenters. The van der Waals surface area contributed by atoms with Crippen LogP contribution in [-0.2, 0) is 16.1 Å². The second kappa shape index (κ2) is 9.51. The van der Waals surface area contributed by atoms with E-state index in [4.69, 9.17) is 9.47 Å². The van der Waals surface area contributed by atoms with Gasteiger partial charge >= 0.3 is 5.97 Å². The Morgan fingerprint density at radius 2 is 1.77 bits per heavy atom. The first kappa shape index (κ1) is 20.8. The SMILES string of the molecule is COc1ccc(CNC(=O)COC(=O)c2nn(-c3ccccc3)c(C)cc2=O)cc1. The first-order valence-corrected chi connectivity index (χ1v) is 9.21. The van der Waals surface area contributed by atoms with Gasteiger partial charge in [0.25, 0.3) is 5.91 Å². The van der Waals surface area contributed by atoms with Crippen molar-refractivity contribution in [1.82, 2.24) is 15.1 Å². The summed E-state index contributed by atoms with van der Waals surface area (Å²) < 4.78 is 11.5. The minimum absolute atomic E-state index is 0.268. The third-order valence-corrected chi connectivity index (χ3v) is 4.28. The van der Waals surface area contributed by atoms with Gasteiger partial charge < -0.3 is 14.8 Å². The highest BCUT2D eigenvalue weighted by molar-refractivity contribution is 5.89. The fourth-order valence-corrected chi connectivity index (χ4v) is 2.71. The van der Waals surface area contributed by atoms with Crippen molar-refractivity contribution in [2.45, 2.75) is 13.5 Å². The fourth-order valence-electron chi connectivity index (χ4n) is 2.71. The number of ether oxygens (including phenoxy) is 2. The number of amides is 1. The van der Waals surface area contributed by atoms with Gasteiger partial charge in [0, 0.05) is 18.3 Å². The molecule has 0 atom stereocenters. The van der Waals surface area contributed by atoms with Gasteiger partial charge in [-0.05, 0) is 36.8 Å². The zero-order chi connectivity index (χ0) is 21.5. The lowest BCUT2D eigenvalue weighted by Gasteiger charge is -2.11. The van der Waals surface area contributed by atoms with Crippen molar-refractivity contribution in [3.63, 3.8) is 0 Å². The topological polar surface area (TPSA) is 99.5 Å². The summed E-state index contributed by atoms with van der Waals surface area (Å²) in [5.41, 5.74) is 1.18. The Kier molecular flexibility index (Phi) is 6.59. The smallest absolute Gasteiger partial charge is 0.363 e. The number of benzene rings is 2. The Morgan fingerprint density at radius 1 is 1.07 bits per heavy atom. The predicted molar refractivity (Wildman–Crippen MR) is 110 cm³/mol. The van der Waals surface area contributed by atoms with Crippen LogP contribution in [0.3, 0.4) is 0 Å². The summed E-state index contributed by atoms with van der Waals surface area (Å²) in [6.07, 6.45) is 0. The number of aromatic nitrogens is 2. The van der Waals surface area contributed by atoms with Crippen LogP contribution in [0.1, 0.15) is 21.7 Å². The molecule has 8 nitrogen and oxygen atoms in total. The molecule has 8 heteroatoms. The predicted octanol–water partition coefficient (Wildman–Crippen LogP) is 2.02. The molecule has 0 spiro atoms. The molecular formula is C22H21N3O5. The van der Waals surface area contributed by atoms with Crippen molar-refractivity contribution in [3.05, 3.63) is 87.8 Å². The summed E-state index contributed by atoms with van der Waals surface area (Å²) in [5, 5.41) is 6.76. The molecule has 0 aliphatic rings. The minimum atomic E-state index is -0.954. The largest absolute Gasteiger partial charge is 0.497 e. The third kappa shape index (κ3) is 5.11. The maximum Gasteiger partial charge on any atom is 0.363 e. The van der Waals surface area contributed by atoms with Gasteiger partial charge in [0.05, 0.1) is 12.8 Å². The molecule has 0 aliphatic carbocycles. The molecule has 0 fully saturated rings. The van der Waals surface area contributed by atoms with E-state index in [2.05, 4.69) is 10.4 Å². The van der Waals surface area contributed by atoms with Crippen molar-refractivity contribution >= 4 is 11.9 Å². The van der Waals surface area contributed by atoms with Crippen LogP contribution in [0.4, 0.5) is 0 Å². The molecule has 154 valence electrons. The van der Waals surface area contributed by atoms with Crippen LogP contribution in [0.25, 0.3) is 5.69 Å². The fraction of sp³-hybridized carbons (Fsp3) is 0.182. The van der Waals surface area contributed by atoms with Crippen LogP contribution in [0.15, 0.2) is 65.5 Å². The molecular weight excluding hydrogens is 386 g/mol. The summed E-state index contributed by atoms with van der Waals surface area (Å²) in [6.45, 7) is 1.46. The minimum Gasteiger partial charge on any atom is -0.497 e. The Balaban J connectivity index is 1.61. The number of nitrogens with one attached hydrogen (secondary N) is 1. The number of hydrogen-bond donors (Lipinski definition) is 1. The monoisotopic (exact) mass is 407 g/mol. The maximum atomic E-state index is 12.3. The average molecular weight is 407 g/mol. The molecule has 30 heavy (non-hydrogen) atoms. The van der Waals surface area contributed by atoms with Crippen LogP contribution in [0.2, 0.25) is 0 Å². The highest BCUT2D eigenvalue weighted by Gasteiger charge is 2.18. The summed E-state index contributed by atoms with van der Waals surface area (Å²) >= 11 is 0. The number of nitrogens with zero attached hydrogens (tertiary/aromatic N) is 2. The van der Waals surface area contributed by atoms with Crippen molar-refractivity contribution in [1.29, 1.82) is 0 Å². The Bertz CT molecular complexity index is 1090. The molecule has 0 aliphatic heterocycles. The Labute approximate surface area is 173 Å². The molecule has 1 amide bonds. The van der Waals surface area contributed by atoms with Crippen LogP contribution in [0, 0.1) is 6.92 Å². The number of rotatable bonds is 7. The standard InChI is InChI=1S/C22H21N3O5/c1-15-12-19(26)21(24-25(15)17-6-4-3-5-7-17)22(28)30-14-20(27)23-13-16-8-10-18(29-2)11-9-16/h3-12H,13-14H2,1-2H3,(H,23,27). The van der Waals surface area contributed by atoms with Crippen LogP contribution < -0.4 is 15.5 Å². The summed E-state index contributed by atoms with van der Waals surface area (Å²) in [7, 11) is 1.57. The van der Waals surface area contributed by atoms with E-state index in [1.165, 1.54) is 10.7 Å². The quantitative estimate of drug-likeness (QED) is 0.602. The van der Waals surface area contributed by atoms with Gasteiger partial charge in [0.1, 0.15) is 5.75 Å². The van der Waals surface area contributed by atoms with Crippen molar-refractivity contribution in [3.8, 4) is 11.4 Å². The van der Waals surface area contributed by atoms with E-state index in [1.807, 2.05) is 30.3 Å². The second-order valence-electron chi connectivity index (χ2n) is 6.45. The number of hydrogen-bond acceptors (Lipinski definition) is 6. The number of carbonyl (C=O) groups is 2. The third-order valence-electron chi connectivity index (χ3n) is 4.28. The highest BCUT2D eigenvalue weighted by atomic mass is 16.5. The normalized spacial score (nSPS) is 10.3. The van der Waals surface area contributed by atoms with Gasteiger partial charge in [-0.1, -0.05) is 30.3 Å². The molecule has 0 saturated heterocycles. The summed E-state index contributed by atoms with van der Waals surface area (Å²) in [6, 6.07) is 17.6. The summed E-state index contributed by atoms with van der Waals surface area (Å²) in [5.74, 6) is -0.732. The van der Waals surface area contributed by atoms with E-state index < -0.39 is 23.9 Å². The van der Waals surface area contributed by atoms with Gasteiger partial charge in [-0.25, -0.2) is 9.48 Å².